The molecular formula is C17H19ClN2O. The molecule has 110 valence electrons. The maximum atomic E-state index is 11.9. The van der Waals surface area contributed by atoms with Gasteiger partial charge in [0.1, 0.15) is 0 Å². The number of rotatable bonds is 5. The first-order chi connectivity index (χ1) is 10.1. The van der Waals surface area contributed by atoms with E-state index in [1.54, 1.807) is 0 Å². The second-order valence-corrected chi connectivity index (χ2v) is 5.46. The Morgan fingerprint density at radius 2 is 1.81 bits per heavy atom. The van der Waals surface area contributed by atoms with E-state index in [0.717, 1.165) is 16.8 Å². The molecule has 0 fully saturated rings. The fourth-order valence-electron chi connectivity index (χ4n) is 1.96. The number of aryl methyl sites for hydroxylation is 1. The Hall–Kier alpha value is -1.84. The molecule has 0 aliphatic rings. The van der Waals surface area contributed by atoms with Crippen molar-refractivity contribution >= 4 is 23.2 Å². The quantitative estimate of drug-likeness (QED) is 0.884. The minimum atomic E-state index is -0.0764. The van der Waals surface area contributed by atoms with Crippen LogP contribution in [0, 0.1) is 13.8 Å². The van der Waals surface area contributed by atoms with Gasteiger partial charge in [-0.3, -0.25) is 4.79 Å². The highest BCUT2D eigenvalue weighted by atomic mass is 35.5. The average Bonchev–Trinajstić information content (AvgIpc) is 2.46. The molecular weight excluding hydrogens is 284 g/mol. The zero-order valence-corrected chi connectivity index (χ0v) is 13.0. The number of carbonyl (C=O) groups is 1. The number of hydrogen-bond donors (Lipinski definition) is 2. The fourth-order valence-corrected chi connectivity index (χ4v) is 2.14. The van der Waals surface area contributed by atoms with Gasteiger partial charge in [0.2, 0.25) is 5.91 Å². The summed E-state index contributed by atoms with van der Waals surface area (Å²) in [6.45, 7) is 4.87. The molecule has 21 heavy (non-hydrogen) atoms. The van der Waals surface area contributed by atoms with Gasteiger partial charge in [-0.05, 0) is 37.1 Å². The van der Waals surface area contributed by atoms with Crippen LogP contribution in [0.5, 0.6) is 0 Å². The SMILES string of the molecule is Cc1ccc(CNCC(=O)Nc2cccc(Cl)c2C)cc1. The summed E-state index contributed by atoms with van der Waals surface area (Å²) in [5.41, 5.74) is 4.02. The van der Waals surface area contributed by atoms with Crippen molar-refractivity contribution in [2.24, 2.45) is 0 Å². The molecule has 0 spiro atoms. The molecule has 0 heterocycles. The first-order valence-electron chi connectivity index (χ1n) is 6.87. The number of amides is 1. The van der Waals surface area contributed by atoms with Crippen molar-refractivity contribution in [3.05, 3.63) is 64.2 Å². The van der Waals surface area contributed by atoms with Crippen LogP contribution in [0.15, 0.2) is 42.5 Å². The average molecular weight is 303 g/mol. The van der Waals surface area contributed by atoms with Gasteiger partial charge in [-0.15, -0.1) is 0 Å². The van der Waals surface area contributed by atoms with Gasteiger partial charge in [-0.25, -0.2) is 0 Å². The van der Waals surface area contributed by atoms with Crippen molar-refractivity contribution < 1.29 is 4.79 Å². The summed E-state index contributed by atoms with van der Waals surface area (Å²) in [6.07, 6.45) is 0. The lowest BCUT2D eigenvalue weighted by Crippen LogP contribution is -2.28. The molecule has 0 bridgehead atoms. The Morgan fingerprint density at radius 3 is 2.52 bits per heavy atom. The lowest BCUT2D eigenvalue weighted by Gasteiger charge is -2.10. The Labute approximate surface area is 130 Å². The predicted octanol–water partition coefficient (Wildman–Crippen LogP) is 3.69. The number of anilines is 1. The summed E-state index contributed by atoms with van der Waals surface area (Å²) in [6, 6.07) is 13.7. The molecule has 3 nitrogen and oxygen atoms in total. The van der Waals surface area contributed by atoms with Crippen molar-refractivity contribution in [2.45, 2.75) is 20.4 Å². The van der Waals surface area contributed by atoms with Crippen molar-refractivity contribution in [2.75, 3.05) is 11.9 Å². The van der Waals surface area contributed by atoms with Crippen LogP contribution in [-0.4, -0.2) is 12.5 Å². The van der Waals surface area contributed by atoms with Gasteiger partial charge in [-0.1, -0.05) is 47.5 Å². The van der Waals surface area contributed by atoms with Crippen LogP contribution in [0.25, 0.3) is 0 Å². The van der Waals surface area contributed by atoms with Gasteiger partial charge in [0.25, 0.3) is 0 Å². The van der Waals surface area contributed by atoms with E-state index in [-0.39, 0.29) is 12.5 Å². The summed E-state index contributed by atoms with van der Waals surface area (Å²) in [5, 5.41) is 6.64. The Kier molecular flexibility index (Phi) is 5.37. The van der Waals surface area contributed by atoms with Crippen LogP contribution in [-0.2, 0) is 11.3 Å². The minimum absolute atomic E-state index is 0.0764. The van der Waals surface area contributed by atoms with Crippen molar-refractivity contribution in [3.8, 4) is 0 Å². The van der Waals surface area contributed by atoms with Gasteiger partial charge >= 0.3 is 0 Å². The van der Waals surface area contributed by atoms with Crippen molar-refractivity contribution in [1.29, 1.82) is 0 Å². The normalized spacial score (nSPS) is 10.4. The molecule has 0 radical (unpaired) electrons. The van der Waals surface area contributed by atoms with E-state index >= 15 is 0 Å². The molecule has 0 unspecified atom stereocenters. The third-order valence-corrected chi connectivity index (χ3v) is 3.69. The number of nitrogens with one attached hydrogen (secondary N) is 2. The van der Waals surface area contributed by atoms with E-state index in [9.17, 15) is 4.79 Å². The van der Waals surface area contributed by atoms with E-state index in [2.05, 4.69) is 41.8 Å². The maximum absolute atomic E-state index is 11.9. The molecule has 2 aromatic carbocycles. The molecule has 1 amide bonds. The topological polar surface area (TPSA) is 41.1 Å². The Morgan fingerprint density at radius 1 is 1.10 bits per heavy atom. The standard InChI is InChI=1S/C17H19ClN2O/c1-12-6-8-14(9-7-12)10-19-11-17(21)20-16-5-3-4-15(18)13(16)2/h3-9,19H,10-11H2,1-2H3,(H,20,21). The van der Waals surface area contributed by atoms with E-state index in [1.807, 2.05) is 25.1 Å². The van der Waals surface area contributed by atoms with Gasteiger partial charge in [0.05, 0.1) is 6.54 Å². The van der Waals surface area contributed by atoms with Crippen LogP contribution in [0.1, 0.15) is 16.7 Å². The molecule has 2 rings (SSSR count). The summed E-state index contributed by atoms with van der Waals surface area (Å²) in [4.78, 5) is 11.9. The van der Waals surface area contributed by atoms with Crippen molar-refractivity contribution in [1.82, 2.24) is 5.32 Å². The zero-order chi connectivity index (χ0) is 15.2. The van der Waals surface area contributed by atoms with Crippen LogP contribution in [0.3, 0.4) is 0 Å². The summed E-state index contributed by atoms with van der Waals surface area (Å²) in [7, 11) is 0. The molecule has 0 saturated heterocycles. The molecule has 0 atom stereocenters. The van der Waals surface area contributed by atoms with Gasteiger partial charge in [-0.2, -0.15) is 0 Å². The van der Waals surface area contributed by atoms with E-state index in [0.29, 0.717) is 11.6 Å². The Balaban J connectivity index is 1.82. The monoisotopic (exact) mass is 302 g/mol. The summed E-state index contributed by atoms with van der Waals surface area (Å²) in [5.74, 6) is -0.0764. The highest BCUT2D eigenvalue weighted by molar-refractivity contribution is 6.31. The molecule has 0 aliphatic heterocycles. The first kappa shape index (κ1) is 15.5. The number of benzene rings is 2. The maximum Gasteiger partial charge on any atom is 0.238 e. The number of halogens is 1. The Bertz CT molecular complexity index is 623. The molecule has 2 N–H and O–H groups in total. The largest absolute Gasteiger partial charge is 0.325 e. The highest BCUT2D eigenvalue weighted by Gasteiger charge is 2.06. The number of carbonyl (C=O) groups excluding carboxylic acids is 1. The highest BCUT2D eigenvalue weighted by Crippen LogP contribution is 2.22. The van der Waals surface area contributed by atoms with Crippen LogP contribution in [0.4, 0.5) is 5.69 Å². The van der Waals surface area contributed by atoms with E-state index < -0.39 is 0 Å². The smallest absolute Gasteiger partial charge is 0.238 e. The third-order valence-electron chi connectivity index (χ3n) is 3.28. The van der Waals surface area contributed by atoms with Crippen LogP contribution < -0.4 is 10.6 Å². The van der Waals surface area contributed by atoms with Gasteiger partial charge in [0, 0.05) is 17.3 Å². The number of hydrogen-bond acceptors (Lipinski definition) is 2. The summed E-state index contributed by atoms with van der Waals surface area (Å²) < 4.78 is 0. The van der Waals surface area contributed by atoms with Crippen LogP contribution in [0.2, 0.25) is 5.02 Å². The van der Waals surface area contributed by atoms with Gasteiger partial charge < -0.3 is 10.6 Å². The zero-order valence-electron chi connectivity index (χ0n) is 12.2. The molecule has 0 aromatic heterocycles. The second-order valence-electron chi connectivity index (χ2n) is 5.05. The van der Waals surface area contributed by atoms with Gasteiger partial charge in [0.15, 0.2) is 0 Å². The minimum Gasteiger partial charge on any atom is -0.325 e. The molecule has 0 aliphatic carbocycles. The van der Waals surface area contributed by atoms with E-state index in [4.69, 9.17) is 11.6 Å². The molecule has 0 saturated carbocycles. The third kappa shape index (κ3) is 4.59. The molecule has 2 aromatic rings. The van der Waals surface area contributed by atoms with Crippen LogP contribution >= 0.6 is 11.6 Å². The summed E-state index contributed by atoms with van der Waals surface area (Å²) >= 11 is 6.03. The predicted molar refractivity (Wildman–Crippen MR) is 87.7 cm³/mol. The fraction of sp³-hybridized carbons (Fsp3) is 0.235. The van der Waals surface area contributed by atoms with Crippen molar-refractivity contribution in [3.63, 3.8) is 0 Å². The lowest BCUT2D eigenvalue weighted by molar-refractivity contribution is -0.115. The first-order valence-corrected chi connectivity index (χ1v) is 7.25. The lowest BCUT2D eigenvalue weighted by atomic mass is 10.1. The van der Waals surface area contributed by atoms with E-state index in [1.165, 1.54) is 5.56 Å². The second kappa shape index (κ2) is 7.25. The molecule has 4 heteroatoms.